The Bertz CT molecular complexity index is 452. The molecule has 0 aromatic heterocycles. The van der Waals surface area contributed by atoms with Gasteiger partial charge in [-0.15, -0.1) is 0 Å². The summed E-state index contributed by atoms with van der Waals surface area (Å²) in [6.07, 6.45) is 2.67. The second-order valence-corrected chi connectivity index (χ2v) is 3.76. The third kappa shape index (κ3) is 1.78. The van der Waals surface area contributed by atoms with Gasteiger partial charge in [-0.3, -0.25) is 0 Å². The number of nitrogens with zero attached hydrogens (tertiary/aromatic N) is 1. The largest absolute Gasteiger partial charge is 0.465 e. The molecule has 0 amide bonds. The number of methoxy groups -OCH3 is 1. The van der Waals surface area contributed by atoms with Gasteiger partial charge in [-0.2, -0.15) is 0 Å². The summed E-state index contributed by atoms with van der Waals surface area (Å²) in [7, 11) is 1.35. The molecule has 0 unspecified atom stereocenters. The van der Waals surface area contributed by atoms with Gasteiger partial charge in [0.2, 0.25) is 0 Å². The summed E-state index contributed by atoms with van der Waals surface area (Å²) in [5.74, 6) is -0.370. The van der Waals surface area contributed by atoms with Crippen molar-refractivity contribution in [1.29, 1.82) is 0 Å². The van der Waals surface area contributed by atoms with Crippen molar-refractivity contribution in [2.24, 2.45) is 5.16 Å². The van der Waals surface area contributed by atoms with Crippen LogP contribution in [-0.4, -0.2) is 24.0 Å². The number of benzene rings is 1. The van der Waals surface area contributed by atoms with Crippen LogP contribution in [0, 0.1) is 0 Å². The summed E-state index contributed by atoms with van der Waals surface area (Å²) in [5.41, 5.74) is 3.11. The minimum atomic E-state index is -0.370. The summed E-state index contributed by atoms with van der Waals surface area (Å²) in [4.78, 5) is 11.4. The minimum absolute atomic E-state index is 0.370. The number of hydrogen-bond acceptors (Lipinski definition) is 4. The SMILES string of the molecule is COC(=O)c1ccc2c(c1)/C(=N\O)CCC2. The van der Waals surface area contributed by atoms with Gasteiger partial charge in [0.15, 0.2) is 0 Å². The lowest BCUT2D eigenvalue weighted by Gasteiger charge is -2.17. The van der Waals surface area contributed by atoms with E-state index in [1.165, 1.54) is 7.11 Å². The second-order valence-electron chi connectivity index (χ2n) is 3.76. The maximum absolute atomic E-state index is 11.4. The molecule has 0 bridgehead atoms. The van der Waals surface area contributed by atoms with Crippen LogP contribution in [0.15, 0.2) is 23.4 Å². The molecule has 1 aliphatic rings. The van der Waals surface area contributed by atoms with Gasteiger partial charge < -0.3 is 9.94 Å². The van der Waals surface area contributed by atoms with E-state index in [0.717, 1.165) is 30.4 Å². The fraction of sp³-hybridized carbons (Fsp3) is 0.333. The second kappa shape index (κ2) is 4.35. The van der Waals surface area contributed by atoms with Crippen LogP contribution < -0.4 is 0 Å². The van der Waals surface area contributed by atoms with E-state index in [1.54, 1.807) is 12.1 Å². The summed E-state index contributed by atoms with van der Waals surface area (Å²) in [6.45, 7) is 0. The molecule has 4 nitrogen and oxygen atoms in total. The highest BCUT2D eigenvalue weighted by Gasteiger charge is 2.18. The van der Waals surface area contributed by atoms with Gasteiger partial charge in [-0.25, -0.2) is 4.79 Å². The van der Waals surface area contributed by atoms with Crippen molar-refractivity contribution in [3.05, 3.63) is 34.9 Å². The normalized spacial score (nSPS) is 16.9. The Morgan fingerprint density at radius 2 is 2.25 bits per heavy atom. The molecule has 0 spiro atoms. The third-order valence-electron chi connectivity index (χ3n) is 2.82. The first-order valence-corrected chi connectivity index (χ1v) is 5.19. The first kappa shape index (κ1) is 10.7. The van der Waals surface area contributed by atoms with Crippen LogP contribution in [0.4, 0.5) is 0 Å². The number of carbonyl (C=O) groups excluding carboxylic acids is 1. The van der Waals surface area contributed by atoms with Gasteiger partial charge in [-0.1, -0.05) is 11.2 Å². The number of esters is 1. The average molecular weight is 219 g/mol. The fourth-order valence-electron chi connectivity index (χ4n) is 1.99. The minimum Gasteiger partial charge on any atom is -0.465 e. The zero-order chi connectivity index (χ0) is 11.5. The van der Waals surface area contributed by atoms with Crippen LogP contribution in [-0.2, 0) is 11.2 Å². The van der Waals surface area contributed by atoms with Crippen LogP contribution >= 0.6 is 0 Å². The van der Waals surface area contributed by atoms with Gasteiger partial charge in [-0.05, 0) is 37.0 Å². The predicted octanol–water partition coefficient (Wildman–Crippen LogP) is 1.99. The van der Waals surface area contributed by atoms with Crippen molar-refractivity contribution >= 4 is 11.7 Å². The zero-order valence-electron chi connectivity index (χ0n) is 9.06. The summed E-state index contributed by atoms with van der Waals surface area (Å²) in [5, 5.41) is 12.2. The Hall–Kier alpha value is -1.84. The number of carbonyl (C=O) groups is 1. The van der Waals surface area contributed by atoms with E-state index in [1.807, 2.05) is 6.07 Å². The standard InChI is InChI=1S/C12H13NO3/c1-16-12(14)9-6-5-8-3-2-4-11(13-15)10(8)7-9/h5-7,15H,2-4H2,1H3/b13-11-. The zero-order valence-corrected chi connectivity index (χ0v) is 9.06. The summed E-state index contributed by atoms with van der Waals surface area (Å²) >= 11 is 0. The maximum atomic E-state index is 11.4. The average Bonchev–Trinajstić information content (AvgIpc) is 2.36. The molecule has 1 aliphatic carbocycles. The van der Waals surface area contributed by atoms with Crippen LogP contribution in [0.1, 0.15) is 34.3 Å². The summed E-state index contributed by atoms with van der Waals surface area (Å²) < 4.78 is 4.65. The van der Waals surface area contributed by atoms with E-state index in [4.69, 9.17) is 5.21 Å². The molecule has 4 heteroatoms. The lowest BCUT2D eigenvalue weighted by Crippen LogP contribution is -2.13. The van der Waals surface area contributed by atoms with Gasteiger partial charge in [0.1, 0.15) is 0 Å². The Morgan fingerprint density at radius 3 is 2.94 bits per heavy atom. The lowest BCUT2D eigenvalue weighted by atomic mass is 9.89. The van der Waals surface area contributed by atoms with Crippen molar-refractivity contribution in [1.82, 2.24) is 0 Å². The molecule has 0 fully saturated rings. The van der Waals surface area contributed by atoms with Crippen molar-refractivity contribution in [2.75, 3.05) is 7.11 Å². The Balaban J connectivity index is 2.47. The molecule has 0 aliphatic heterocycles. The molecule has 1 N–H and O–H groups in total. The molecule has 1 aromatic rings. The molecule has 16 heavy (non-hydrogen) atoms. The van der Waals surface area contributed by atoms with Crippen LogP contribution in [0.2, 0.25) is 0 Å². The number of rotatable bonds is 1. The van der Waals surface area contributed by atoms with Crippen LogP contribution in [0.5, 0.6) is 0 Å². The quantitative estimate of drug-likeness (QED) is 0.446. The topological polar surface area (TPSA) is 58.9 Å². The van der Waals surface area contributed by atoms with Crippen LogP contribution in [0.3, 0.4) is 0 Å². The molecule has 2 rings (SSSR count). The highest BCUT2D eigenvalue weighted by Crippen LogP contribution is 2.23. The van der Waals surface area contributed by atoms with Gasteiger partial charge >= 0.3 is 5.97 Å². The monoisotopic (exact) mass is 219 g/mol. The first-order chi connectivity index (χ1) is 7.76. The number of hydrogen-bond donors (Lipinski definition) is 1. The number of fused-ring (bicyclic) bond motifs is 1. The molecule has 84 valence electrons. The molecule has 0 heterocycles. The molecule has 0 radical (unpaired) electrons. The van der Waals surface area contributed by atoms with Crippen molar-refractivity contribution < 1.29 is 14.7 Å². The highest BCUT2D eigenvalue weighted by molar-refractivity contribution is 6.04. The van der Waals surface area contributed by atoms with E-state index in [2.05, 4.69) is 9.89 Å². The Morgan fingerprint density at radius 1 is 1.44 bits per heavy atom. The Labute approximate surface area is 93.5 Å². The molecule has 1 aromatic carbocycles. The first-order valence-electron chi connectivity index (χ1n) is 5.19. The number of ether oxygens (including phenoxy) is 1. The lowest BCUT2D eigenvalue weighted by molar-refractivity contribution is 0.0600. The highest BCUT2D eigenvalue weighted by atomic mass is 16.5. The van der Waals surface area contributed by atoms with E-state index in [9.17, 15) is 4.79 Å². The van der Waals surface area contributed by atoms with Crippen molar-refractivity contribution in [3.8, 4) is 0 Å². The molecule has 0 saturated carbocycles. The summed E-state index contributed by atoms with van der Waals surface area (Å²) in [6, 6.07) is 5.37. The molecular formula is C12H13NO3. The van der Waals surface area contributed by atoms with Crippen molar-refractivity contribution in [2.45, 2.75) is 19.3 Å². The predicted molar refractivity (Wildman–Crippen MR) is 59.0 cm³/mol. The van der Waals surface area contributed by atoms with E-state index in [-0.39, 0.29) is 5.97 Å². The van der Waals surface area contributed by atoms with Gasteiger partial charge in [0.25, 0.3) is 0 Å². The third-order valence-corrected chi connectivity index (χ3v) is 2.82. The molecular weight excluding hydrogens is 206 g/mol. The number of oxime groups is 1. The molecule has 0 atom stereocenters. The van der Waals surface area contributed by atoms with E-state index in [0.29, 0.717) is 11.3 Å². The van der Waals surface area contributed by atoms with Gasteiger partial charge in [0.05, 0.1) is 18.4 Å². The molecule has 0 saturated heterocycles. The van der Waals surface area contributed by atoms with Crippen LogP contribution in [0.25, 0.3) is 0 Å². The maximum Gasteiger partial charge on any atom is 0.337 e. The van der Waals surface area contributed by atoms with E-state index >= 15 is 0 Å². The number of aryl methyl sites for hydroxylation is 1. The smallest absolute Gasteiger partial charge is 0.337 e. The van der Waals surface area contributed by atoms with E-state index < -0.39 is 0 Å². The van der Waals surface area contributed by atoms with Gasteiger partial charge in [0, 0.05) is 5.56 Å². The Kier molecular flexibility index (Phi) is 2.90. The fourth-order valence-corrected chi connectivity index (χ4v) is 1.99. The van der Waals surface area contributed by atoms with Crippen molar-refractivity contribution in [3.63, 3.8) is 0 Å².